The highest BCUT2D eigenvalue weighted by atomic mass is 35.5. The van der Waals surface area contributed by atoms with Crippen LogP contribution < -0.4 is 5.73 Å². The Bertz CT molecular complexity index is 1110. The van der Waals surface area contributed by atoms with Crippen molar-refractivity contribution < 1.29 is 22.8 Å². The van der Waals surface area contributed by atoms with Gasteiger partial charge < -0.3 is 15.5 Å². The van der Waals surface area contributed by atoms with Crippen LogP contribution in [0.5, 0.6) is 0 Å². The smallest absolute Gasteiger partial charge is 0.384 e. The molecule has 0 radical (unpaired) electrons. The van der Waals surface area contributed by atoms with Gasteiger partial charge in [0, 0.05) is 43.8 Å². The maximum atomic E-state index is 13.3. The van der Waals surface area contributed by atoms with Crippen molar-refractivity contribution in [2.75, 3.05) is 39.0 Å². The Labute approximate surface area is 225 Å². The van der Waals surface area contributed by atoms with Gasteiger partial charge >= 0.3 is 12.1 Å². The van der Waals surface area contributed by atoms with E-state index in [-0.39, 0.29) is 17.7 Å². The second kappa shape index (κ2) is 11.9. The maximum Gasteiger partial charge on any atom is 0.471 e. The summed E-state index contributed by atoms with van der Waals surface area (Å²) in [7, 11) is 1.20. The summed E-state index contributed by atoms with van der Waals surface area (Å²) in [5.41, 5.74) is 7.46. The van der Waals surface area contributed by atoms with Crippen molar-refractivity contribution >= 4 is 29.2 Å². The van der Waals surface area contributed by atoms with Crippen molar-refractivity contribution in [2.24, 2.45) is 11.8 Å². The molecule has 0 saturated carbocycles. The number of likely N-dealkylation sites (tertiary alicyclic amines) is 2. The van der Waals surface area contributed by atoms with Gasteiger partial charge in [0.05, 0.1) is 6.04 Å². The number of pyridine rings is 1. The third kappa shape index (κ3) is 6.77. The second-order valence-corrected chi connectivity index (χ2v) is 10.6. The van der Waals surface area contributed by atoms with E-state index in [1.54, 1.807) is 30.5 Å². The molecule has 2 aliphatic rings. The van der Waals surface area contributed by atoms with E-state index in [0.717, 1.165) is 42.9 Å². The number of aromatic nitrogens is 1. The first-order valence-electron chi connectivity index (χ1n) is 12.8. The van der Waals surface area contributed by atoms with Crippen LogP contribution in [-0.2, 0) is 16.1 Å². The second-order valence-electron chi connectivity index (χ2n) is 10.2. The number of hydrogen-bond donors (Lipinski definition) is 1. The van der Waals surface area contributed by atoms with Crippen molar-refractivity contribution in [3.63, 3.8) is 0 Å². The van der Waals surface area contributed by atoms with Crippen LogP contribution in [0, 0.1) is 11.8 Å². The fourth-order valence-electron chi connectivity index (χ4n) is 5.68. The van der Waals surface area contributed by atoms with E-state index >= 15 is 0 Å². The van der Waals surface area contributed by atoms with Crippen molar-refractivity contribution in [3.05, 3.63) is 58.7 Å². The number of nitrogens with two attached hydrogens (primary N) is 1. The average molecular weight is 552 g/mol. The number of halogens is 4. The topological polar surface area (TPSA) is 82.8 Å². The maximum absolute atomic E-state index is 13.3. The van der Waals surface area contributed by atoms with Crippen molar-refractivity contribution in [1.82, 2.24) is 19.7 Å². The Morgan fingerprint density at radius 2 is 1.71 bits per heavy atom. The van der Waals surface area contributed by atoms with Gasteiger partial charge in [-0.3, -0.25) is 14.5 Å². The zero-order valence-corrected chi connectivity index (χ0v) is 22.1. The van der Waals surface area contributed by atoms with Crippen molar-refractivity contribution in [1.29, 1.82) is 0 Å². The monoisotopic (exact) mass is 551 g/mol. The lowest BCUT2D eigenvalue weighted by Gasteiger charge is -2.41. The summed E-state index contributed by atoms with van der Waals surface area (Å²) in [6.45, 7) is 3.28. The molecule has 2 amide bonds. The summed E-state index contributed by atoms with van der Waals surface area (Å²) >= 11 is 5.99. The molecule has 2 aromatic rings. The zero-order valence-electron chi connectivity index (χ0n) is 21.3. The SMILES string of the molecule is CN(C(=O)C(F)(F)F)C(c1ccc(Cl)cc1)C1CCN(C(=O)C2CCN(Cc3ccnc(N)c3)CC2)CC1. The standard InChI is InChI=1S/C27H33ClF3N5O2/c1-34(26(38)27(29,30)31)24(19-2-4-22(28)5-3-19)20-9-14-36(15-10-20)25(37)21-7-12-35(13-8-21)17-18-6-11-33-23(32)16-18/h2-6,11,16,20-21,24H,7-10,12-15,17H2,1H3,(H2,32,33). The molecule has 2 N–H and O–H groups in total. The number of amides is 2. The normalized spacial score (nSPS) is 18.8. The Morgan fingerprint density at radius 3 is 2.29 bits per heavy atom. The van der Waals surface area contributed by atoms with E-state index in [1.807, 2.05) is 17.0 Å². The lowest BCUT2D eigenvalue weighted by Crippen LogP contribution is -2.48. The van der Waals surface area contributed by atoms with E-state index in [9.17, 15) is 22.8 Å². The number of nitrogens with zero attached hydrogens (tertiary/aromatic N) is 4. The molecule has 0 spiro atoms. The molecule has 11 heteroatoms. The van der Waals surface area contributed by atoms with E-state index < -0.39 is 18.1 Å². The fourth-order valence-corrected chi connectivity index (χ4v) is 5.81. The average Bonchev–Trinajstić information content (AvgIpc) is 2.89. The molecule has 7 nitrogen and oxygen atoms in total. The predicted octanol–water partition coefficient (Wildman–Crippen LogP) is 4.53. The molecule has 3 heterocycles. The van der Waals surface area contributed by atoms with Crippen LogP contribution in [0.25, 0.3) is 0 Å². The largest absolute Gasteiger partial charge is 0.471 e. The van der Waals surface area contributed by atoms with E-state index in [2.05, 4.69) is 9.88 Å². The van der Waals surface area contributed by atoms with E-state index in [4.69, 9.17) is 17.3 Å². The molecular weight excluding hydrogens is 519 g/mol. The fraction of sp³-hybridized carbons (Fsp3) is 0.519. The number of hydrogen-bond acceptors (Lipinski definition) is 5. The first-order chi connectivity index (χ1) is 18.0. The van der Waals surface area contributed by atoms with Crippen LogP contribution >= 0.6 is 11.6 Å². The number of anilines is 1. The third-order valence-corrected chi connectivity index (χ3v) is 7.93. The van der Waals surface area contributed by atoms with Gasteiger partial charge in [0.1, 0.15) is 5.82 Å². The minimum absolute atomic E-state index is 0.0631. The van der Waals surface area contributed by atoms with Crippen LogP contribution in [0.4, 0.5) is 19.0 Å². The minimum Gasteiger partial charge on any atom is -0.384 e. The molecule has 1 atom stereocenters. The highest BCUT2D eigenvalue weighted by Crippen LogP contribution is 2.38. The quantitative estimate of drug-likeness (QED) is 0.570. The van der Waals surface area contributed by atoms with Gasteiger partial charge in [0.15, 0.2) is 0 Å². The Balaban J connectivity index is 1.35. The molecule has 206 valence electrons. The molecule has 38 heavy (non-hydrogen) atoms. The number of piperidine rings is 2. The molecule has 1 aromatic heterocycles. The van der Waals surface area contributed by atoms with Gasteiger partial charge in [0.2, 0.25) is 5.91 Å². The summed E-state index contributed by atoms with van der Waals surface area (Å²) in [5.74, 6) is -1.56. The third-order valence-electron chi connectivity index (χ3n) is 7.68. The molecule has 2 fully saturated rings. The van der Waals surface area contributed by atoms with Crippen LogP contribution in [0.3, 0.4) is 0 Å². The van der Waals surface area contributed by atoms with E-state index in [1.165, 1.54) is 7.05 Å². The van der Waals surface area contributed by atoms with Gasteiger partial charge in [-0.2, -0.15) is 13.2 Å². The molecule has 2 aliphatic heterocycles. The molecule has 1 unspecified atom stereocenters. The first-order valence-corrected chi connectivity index (χ1v) is 13.2. The van der Waals surface area contributed by atoms with Crippen LogP contribution in [0.1, 0.15) is 42.9 Å². The zero-order chi connectivity index (χ0) is 27.4. The van der Waals surface area contributed by atoms with Gasteiger partial charge in [-0.1, -0.05) is 23.7 Å². The lowest BCUT2D eigenvalue weighted by atomic mass is 9.83. The highest BCUT2D eigenvalue weighted by molar-refractivity contribution is 6.30. The lowest BCUT2D eigenvalue weighted by molar-refractivity contribution is -0.187. The van der Waals surface area contributed by atoms with Crippen LogP contribution in [-0.4, -0.2) is 70.9 Å². The Kier molecular flexibility index (Phi) is 8.82. The number of alkyl halides is 3. The molecule has 4 rings (SSSR count). The summed E-state index contributed by atoms with van der Waals surface area (Å²) in [6, 6.07) is 9.60. The number of benzene rings is 1. The van der Waals surface area contributed by atoms with Gasteiger partial charge in [-0.15, -0.1) is 0 Å². The highest BCUT2D eigenvalue weighted by Gasteiger charge is 2.45. The number of carbonyl (C=O) groups is 2. The van der Waals surface area contributed by atoms with Gasteiger partial charge in [-0.05, 0) is 80.1 Å². The number of rotatable bonds is 6. The minimum atomic E-state index is -4.96. The first kappa shape index (κ1) is 28.2. The molecule has 0 bridgehead atoms. The summed E-state index contributed by atoms with van der Waals surface area (Å²) in [5, 5.41) is 0.466. The molecule has 0 aliphatic carbocycles. The Morgan fingerprint density at radius 1 is 1.08 bits per heavy atom. The van der Waals surface area contributed by atoms with Crippen molar-refractivity contribution in [3.8, 4) is 0 Å². The summed E-state index contributed by atoms with van der Waals surface area (Å²) < 4.78 is 39.8. The van der Waals surface area contributed by atoms with Crippen molar-refractivity contribution in [2.45, 2.75) is 44.4 Å². The Hall–Kier alpha value is -2.85. The predicted molar refractivity (Wildman–Crippen MR) is 139 cm³/mol. The molecule has 1 aromatic carbocycles. The number of carbonyl (C=O) groups excluding carboxylic acids is 2. The van der Waals surface area contributed by atoms with Gasteiger partial charge in [-0.25, -0.2) is 4.98 Å². The molecular formula is C27H33ClF3N5O2. The van der Waals surface area contributed by atoms with E-state index in [0.29, 0.717) is 42.3 Å². The number of nitrogen functional groups attached to an aromatic ring is 1. The van der Waals surface area contributed by atoms with Crippen LogP contribution in [0.2, 0.25) is 5.02 Å². The van der Waals surface area contributed by atoms with Gasteiger partial charge in [0.25, 0.3) is 0 Å². The molecule has 2 saturated heterocycles. The summed E-state index contributed by atoms with van der Waals surface area (Å²) in [6.07, 6.45) is -0.730. The van der Waals surface area contributed by atoms with Crippen LogP contribution in [0.15, 0.2) is 42.6 Å². The summed E-state index contributed by atoms with van der Waals surface area (Å²) in [4.78, 5) is 34.3.